The van der Waals surface area contributed by atoms with E-state index < -0.39 is 17.4 Å². The van der Waals surface area contributed by atoms with Gasteiger partial charge in [-0.3, -0.25) is 4.79 Å². The van der Waals surface area contributed by atoms with Crippen molar-refractivity contribution in [2.45, 2.75) is 0 Å². The van der Waals surface area contributed by atoms with Crippen LogP contribution in [0.15, 0.2) is 48.5 Å². The molecular weight excluding hydrogens is 288 g/mol. The number of rotatable bonds is 5. The van der Waals surface area contributed by atoms with Crippen LogP contribution in [-0.2, 0) is 0 Å². The van der Waals surface area contributed by atoms with Crippen molar-refractivity contribution in [2.24, 2.45) is 0 Å². The van der Waals surface area contributed by atoms with Crippen molar-refractivity contribution in [2.75, 3.05) is 6.61 Å². The van der Waals surface area contributed by atoms with E-state index in [1.165, 1.54) is 12.1 Å². The monoisotopic (exact) mass is 299 g/mol. The number of nitriles is 1. The van der Waals surface area contributed by atoms with Crippen LogP contribution < -0.4 is 4.74 Å². The highest BCUT2D eigenvalue weighted by Gasteiger charge is 2.07. The number of carbonyl (C=O) groups excluding carboxylic acids is 1. The summed E-state index contributed by atoms with van der Waals surface area (Å²) < 4.78 is 31.0. The van der Waals surface area contributed by atoms with E-state index in [1.54, 1.807) is 30.3 Å². The number of hydrogen-bond acceptors (Lipinski definition) is 3. The standard InChI is InChI=1S/C17H11F2NO2/c18-15-7-4-13(11-16(15)19)17(21)8-3-12-1-5-14(6-2-12)22-10-9-20/h1-8,11H,10H2/b8-3+. The first-order valence-electron chi connectivity index (χ1n) is 6.37. The zero-order chi connectivity index (χ0) is 15.9. The maximum atomic E-state index is 13.1. The van der Waals surface area contributed by atoms with Crippen LogP contribution >= 0.6 is 0 Å². The Morgan fingerprint density at radius 3 is 2.50 bits per heavy atom. The molecule has 0 spiro atoms. The van der Waals surface area contributed by atoms with Crippen LogP contribution in [0.5, 0.6) is 5.75 Å². The molecule has 3 nitrogen and oxygen atoms in total. The molecule has 0 aromatic heterocycles. The van der Waals surface area contributed by atoms with E-state index in [0.717, 1.165) is 17.7 Å². The number of carbonyl (C=O) groups is 1. The van der Waals surface area contributed by atoms with E-state index >= 15 is 0 Å². The second-order valence-corrected chi connectivity index (χ2v) is 4.34. The topological polar surface area (TPSA) is 50.1 Å². The summed E-state index contributed by atoms with van der Waals surface area (Å²) in [5.74, 6) is -1.93. The number of nitrogens with zero attached hydrogens (tertiary/aromatic N) is 1. The first-order valence-corrected chi connectivity index (χ1v) is 6.37. The molecule has 0 aliphatic heterocycles. The lowest BCUT2D eigenvalue weighted by atomic mass is 10.1. The number of benzene rings is 2. The van der Waals surface area contributed by atoms with Crippen LogP contribution in [0.1, 0.15) is 15.9 Å². The van der Waals surface area contributed by atoms with Gasteiger partial charge < -0.3 is 4.74 Å². The number of halogens is 2. The van der Waals surface area contributed by atoms with Gasteiger partial charge in [0.1, 0.15) is 11.8 Å². The van der Waals surface area contributed by atoms with E-state index in [2.05, 4.69) is 0 Å². The van der Waals surface area contributed by atoms with Crippen molar-refractivity contribution in [3.8, 4) is 11.8 Å². The molecule has 22 heavy (non-hydrogen) atoms. The lowest BCUT2D eigenvalue weighted by molar-refractivity contribution is 0.104. The second kappa shape index (κ2) is 7.14. The van der Waals surface area contributed by atoms with Crippen molar-refractivity contribution in [1.29, 1.82) is 5.26 Å². The molecule has 2 aromatic carbocycles. The molecule has 0 saturated heterocycles. The summed E-state index contributed by atoms with van der Waals surface area (Å²) in [5, 5.41) is 8.40. The molecule has 0 aliphatic rings. The fourth-order valence-corrected chi connectivity index (χ4v) is 1.71. The molecule has 0 aliphatic carbocycles. The predicted octanol–water partition coefficient (Wildman–Crippen LogP) is 3.76. The Balaban J connectivity index is 2.06. The average molecular weight is 299 g/mol. The largest absolute Gasteiger partial charge is 0.479 e. The molecule has 0 atom stereocenters. The highest BCUT2D eigenvalue weighted by Crippen LogP contribution is 2.14. The summed E-state index contributed by atoms with van der Waals surface area (Å²) in [6.07, 6.45) is 2.83. The Kier molecular flexibility index (Phi) is 4.99. The molecular formula is C17H11F2NO2. The van der Waals surface area contributed by atoms with Gasteiger partial charge in [0.2, 0.25) is 0 Å². The molecule has 0 fully saturated rings. The Labute approximate surface area is 126 Å². The molecule has 0 unspecified atom stereocenters. The Morgan fingerprint density at radius 1 is 1.14 bits per heavy atom. The SMILES string of the molecule is N#CCOc1ccc(/C=C/C(=O)c2ccc(F)c(F)c2)cc1. The van der Waals surface area contributed by atoms with Gasteiger partial charge in [0, 0.05) is 5.56 Å². The molecule has 2 aromatic rings. The van der Waals surface area contributed by atoms with Crippen LogP contribution in [0, 0.1) is 23.0 Å². The van der Waals surface area contributed by atoms with Crippen LogP contribution in [0.4, 0.5) is 8.78 Å². The summed E-state index contributed by atoms with van der Waals surface area (Å²) in [6, 6.07) is 11.6. The van der Waals surface area contributed by atoms with E-state index in [-0.39, 0.29) is 12.2 Å². The molecule has 0 N–H and O–H groups in total. The zero-order valence-electron chi connectivity index (χ0n) is 11.4. The Hall–Kier alpha value is -3.00. The number of allylic oxidation sites excluding steroid dienone is 1. The minimum absolute atomic E-state index is 0.0379. The third-order valence-corrected chi connectivity index (χ3v) is 2.81. The van der Waals surface area contributed by atoms with Crippen molar-refractivity contribution in [3.63, 3.8) is 0 Å². The minimum Gasteiger partial charge on any atom is -0.479 e. The van der Waals surface area contributed by atoms with Gasteiger partial charge in [-0.1, -0.05) is 18.2 Å². The minimum atomic E-state index is -1.06. The zero-order valence-corrected chi connectivity index (χ0v) is 11.4. The van der Waals surface area contributed by atoms with Gasteiger partial charge in [-0.2, -0.15) is 5.26 Å². The van der Waals surface area contributed by atoms with Gasteiger partial charge in [0.15, 0.2) is 24.0 Å². The van der Waals surface area contributed by atoms with Crippen LogP contribution in [0.2, 0.25) is 0 Å². The first-order chi connectivity index (χ1) is 10.6. The summed E-state index contributed by atoms with van der Waals surface area (Å²) in [6.45, 7) is -0.0379. The van der Waals surface area contributed by atoms with Crippen LogP contribution in [-0.4, -0.2) is 12.4 Å². The van der Waals surface area contributed by atoms with Crippen molar-refractivity contribution in [1.82, 2.24) is 0 Å². The van der Waals surface area contributed by atoms with Gasteiger partial charge in [0.25, 0.3) is 0 Å². The highest BCUT2D eigenvalue weighted by atomic mass is 19.2. The van der Waals surface area contributed by atoms with Gasteiger partial charge in [-0.05, 0) is 42.0 Å². The number of ether oxygens (including phenoxy) is 1. The number of hydrogen-bond donors (Lipinski definition) is 0. The summed E-state index contributed by atoms with van der Waals surface area (Å²) in [7, 11) is 0. The molecule has 0 heterocycles. The van der Waals surface area contributed by atoms with Gasteiger partial charge in [0.05, 0.1) is 0 Å². The van der Waals surface area contributed by atoms with Crippen LogP contribution in [0.25, 0.3) is 6.08 Å². The van der Waals surface area contributed by atoms with Crippen molar-refractivity contribution >= 4 is 11.9 Å². The van der Waals surface area contributed by atoms with E-state index in [1.807, 2.05) is 6.07 Å². The maximum Gasteiger partial charge on any atom is 0.185 e. The van der Waals surface area contributed by atoms with E-state index in [9.17, 15) is 13.6 Å². The van der Waals surface area contributed by atoms with Gasteiger partial charge >= 0.3 is 0 Å². The van der Waals surface area contributed by atoms with Crippen molar-refractivity contribution < 1.29 is 18.3 Å². The lowest BCUT2D eigenvalue weighted by Crippen LogP contribution is -1.96. The van der Waals surface area contributed by atoms with E-state index in [4.69, 9.17) is 10.00 Å². The Bertz CT molecular complexity index is 746. The highest BCUT2D eigenvalue weighted by molar-refractivity contribution is 6.06. The van der Waals surface area contributed by atoms with Gasteiger partial charge in [-0.15, -0.1) is 0 Å². The van der Waals surface area contributed by atoms with Gasteiger partial charge in [-0.25, -0.2) is 8.78 Å². The molecule has 0 radical (unpaired) electrons. The predicted molar refractivity (Wildman–Crippen MR) is 77.3 cm³/mol. The molecule has 2 rings (SSSR count). The Morgan fingerprint density at radius 2 is 1.86 bits per heavy atom. The summed E-state index contributed by atoms with van der Waals surface area (Å²) >= 11 is 0. The third-order valence-electron chi connectivity index (χ3n) is 2.81. The molecule has 5 heteroatoms. The second-order valence-electron chi connectivity index (χ2n) is 4.34. The van der Waals surface area contributed by atoms with Crippen molar-refractivity contribution in [3.05, 3.63) is 71.3 Å². The molecule has 0 bridgehead atoms. The maximum absolute atomic E-state index is 13.1. The quantitative estimate of drug-likeness (QED) is 0.624. The summed E-state index contributed by atoms with van der Waals surface area (Å²) in [4.78, 5) is 11.9. The van der Waals surface area contributed by atoms with Crippen LogP contribution in [0.3, 0.4) is 0 Å². The number of ketones is 1. The smallest absolute Gasteiger partial charge is 0.185 e. The fourth-order valence-electron chi connectivity index (χ4n) is 1.71. The fraction of sp³-hybridized carbons (Fsp3) is 0.0588. The first kappa shape index (κ1) is 15.4. The lowest BCUT2D eigenvalue weighted by Gasteiger charge is -2.01. The average Bonchev–Trinajstić information content (AvgIpc) is 2.54. The molecule has 110 valence electrons. The summed E-state index contributed by atoms with van der Waals surface area (Å²) in [5.41, 5.74) is 0.810. The third kappa shape index (κ3) is 4.00. The van der Waals surface area contributed by atoms with E-state index in [0.29, 0.717) is 5.75 Å². The molecule has 0 saturated carbocycles. The molecule has 0 amide bonds. The normalized spacial score (nSPS) is 10.4.